The molecule has 0 saturated carbocycles. The Balaban J connectivity index is 1.94. The van der Waals surface area contributed by atoms with Crippen LogP contribution in [0.1, 0.15) is 26.6 Å². The van der Waals surface area contributed by atoms with Crippen LogP contribution in [0.2, 0.25) is 0 Å². The number of aryl methyl sites for hydroxylation is 1. The summed E-state index contributed by atoms with van der Waals surface area (Å²) in [6.45, 7) is 2.46. The average molecular weight is 304 g/mol. The van der Waals surface area contributed by atoms with Crippen molar-refractivity contribution in [1.82, 2.24) is 10.3 Å². The van der Waals surface area contributed by atoms with E-state index in [9.17, 15) is 4.79 Å². The third kappa shape index (κ3) is 4.03. The number of benzene rings is 1. The van der Waals surface area contributed by atoms with Gasteiger partial charge in [-0.15, -0.1) is 11.3 Å². The molecule has 1 amide bonds. The number of oxime groups is 1. The van der Waals surface area contributed by atoms with E-state index in [1.165, 1.54) is 0 Å². The number of nitrogens with one attached hydrogen (secondary N) is 1. The van der Waals surface area contributed by atoms with Gasteiger partial charge in [0.05, 0.1) is 5.01 Å². The first kappa shape index (κ1) is 15.0. The summed E-state index contributed by atoms with van der Waals surface area (Å²) in [5.74, 6) is -0.223. The van der Waals surface area contributed by atoms with Gasteiger partial charge in [0.25, 0.3) is 5.91 Å². The first-order valence-electron chi connectivity index (χ1n) is 6.37. The Morgan fingerprint density at radius 1 is 1.48 bits per heavy atom. The molecular weight excluding hydrogens is 288 g/mol. The fraction of sp³-hybridized carbons (Fsp3) is 0.214. The summed E-state index contributed by atoms with van der Waals surface area (Å²) >= 11 is 1.58. The maximum absolute atomic E-state index is 12.0. The van der Waals surface area contributed by atoms with E-state index in [0.717, 1.165) is 10.7 Å². The zero-order chi connectivity index (χ0) is 15.2. The number of aromatic nitrogens is 1. The van der Waals surface area contributed by atoms with Gasteiger partial charge in [0, 0.05) is 35.2 Å². The normalized spacial score (nSPS) is 11.4. The van der Waals surface area contributed by atoms with Crippen LogP contribution in [0.3, 0.4) is 0 Å². The van der Waals surface area contributed by atoms with E-state index >= 15 is 0 Å². The van der Waals surface area contributed by atoms with Crippen LogP contribution < -0.4 is 11.1 Å². The molecule has 1 heterocycles. The topological polar surface area (TPSA) is 101 Å². The molecule has 110 valence electrons. The number of nitrogens with zero attached hydrogens (tertiary/aromatic N) is 2. The van der Waals surface area contributed by atoms with Crippen LogP contribution in [-0.2, 0) is 6.42 Å². The van der Waals surface area contributed by atoms with Crippen molar-refractivity contribution < 1.29 is 10.0 Å². The average Bonchev–Trinajstić information content (AvgIpc) is 2.92. The third-order valence-corrected chi connectivity index (χ3v) is 3.85. The standard InChI is InChI=1S/C14H16N4O2S/c1-9-8-21-12(17-9)5-6-16-14(19)11-4-2-3-10(7-11)13(15)18-20/h2-4,7-8,20H,5-6H2,1H3,(H2,15,18)(H,16,19). The van der Waals surface area contributed by atoms with E-state index < -0.39 is 0 Å². The van der Waals surface area contributed by atoms with Crippen LogP contribution in [0.15, 0.2) is 34.8 Å². The van der Waals surface area contributed by atoms with Gasteiger partial charge in [-0.3, -0.25) is 4.79 Å². The van der Waals surface area contributed by atoms with Crippen molar-refractivity contribution in [1.29, 1.82) is 0 Å². The zero-order valence-electron chi connectivity index (χ0n) is 11.5. The summed E-state index contributed by atoms with van der Waals surface area (Å²) in [7, 11) is 0. The van der Waals surface area contributed by atoms with Gasteiger partial charge in [-0.25, -0.2) is 4.98 Å². The molecule has 0 atom stereocenters. The van der Waals surface area contributed by atoms with Crippen LogP contribution in [0.4, 0.5) is 0 Å². The van der Waals surface area contributed by atoms with Gasteiger partial charge in [-0.1, -0.05) is 17.3 Å². The summed E-state index contributed by atoms with van der Waals surface area (Å²) in [5.41, 5.74) is 7.46. The second-order valence-corrected chi connectivity index (χ2v) is 5.40. The Labute approximate surface area is 126 Å². The van der Waals surface area contributed by atoms with Crippen molar-refractivity contribution >= 4 is 23.1 Å². The van der Waals surface area contributed by atoms with E-state index in [1.54, 1.807) is 35.6 Å². The van der Waals surface area contributed by atoms with Gasteiger partial charge < -0.3 is 16.3 Å². The second-order valence-electron chi connectivity index (χ2n) is 4.45. The monoisotopic (exact) mass is 304 g/mol. The summed E-state index contributed by atoms with van der Waals surface area (Å²) in [5, 5.41) is 17.4. The lowest BCUT2D eigenvalue weighted by Crippen LogP contribution is -2.26. The fourth-order valence-electron chi connectivity index (χ4n) is 1.78. The number of amidine groups is 1. The predicted molar refractivity (Wildman–Crippen MR) is 81.8 cm³/mol. The molecule has 0 saturated heterocycles. The van der Waals surface area contributed by atoms with E-state index in [-0.39, 0.29) is 11.7 Å². The number of amides is 1. The molecule has 4 N–H and O–H groups in total. The first-order chi connectivity index (χ1) is 10.1. The van der Waals surface area contributed by atoms with Crippen molar-refractivity contribution in [3.8, 4) is 0 Å². The number of rotatable bonds is 5. The maximum atomic E-state index is 12.0. The molecule has 0 bridgehead atoms. The summed E-state index contributed by atoms with van der Waals surface area (Å²) < 4.78 is 0. The Morgan fingerprint density at radius 3 is 2.90 bits per heavy atom. The van der Waals surface area contributed by atoms with Gasteiger partial charge in [0.2, 0.25) is 0 Å². The van der Waals surface area contributed by atoms with E-state index in [4.69, 9.17) is 10.9 Å². The molecule has 2 aromatic rings. The summed E-state index contributed by atoms with van der Waals surface area (Å²) in [4.78, 5) is 16.4. The van der Waals surface area contributed by atoms with Crippen molar-refractivity contribution in [2.24, 2.45) is 10.9 Å². The highest BCUT2D eigenvalue weighted by molar-refractivity contribution is 7.09. The van der Waals surface area contributed by atoms with Crippen LogP contribution in [0.5, 0.6) is 0 Å². The molecule has 0 spiro atoms. The molecule has 6 nitrogen and oxygen atoms in total. The number of thiazole rings is 1. The fourth-order valence-corrected chi connectivity index (χ4v) is 2.56. The summed E-state index contributed by atoms with van der Waals surface area (Å²) in [6, 6.07) is 6.62. The highest BCUT2D eigenvalue weighted by Gasteiger charge is 2.08. The minimum absolute atomic E-state index is 0.0251. The van der Waals surface area contributed by atoms with Gasteiger partial charge in [0.15, 0.2) is 5.84 Å². The van der Waals surface area contributed by atoms with Gasteiger partial charge >= 0.3 is 0 Å². The Kier molecular flexibility index (Phi) is 4.89. The number of carbonyl (C=O) groups excluding carboxylic acids is 1. The lowest BCUT2D eigenvalue weighted by molar-refractivity contribution is 0.0954. The minimum Gasteiger partial charge on any atom is -0.409 e. The molecule has 2 rings (SSSR count). The van der Waals surface area contributed by atoms with Gasteiger partial charge in [0.1, 0.15) is 0 Å². The molecule has 1 aromatic heterocycles. The second kappa shape index (κ2) is 6.85. The molecule has 1 aromatic carbocycles. The lowest BCUT2D eigenvalue weighted by Gasteiger charge is -2.05. The Bertz CT molecular complexity index is 666. The van der Waals surface area contributed by atoms with Gasteiger partial charge in [-0.05, 0) is 19.1 Å². The molecule has 0 aliphatic heterocycles. The van der Waals surface area contributed by atoms with Crippen molar-refractivity contribution in [2.45, 2.75) is 13.3 Å². The molecule has 21 heavy (non-hydrogen) atoms. The molecular formula is C14H16N4O2S. The van der Waals surface area contributed by atoms with Crippen molar-refractivity contribution in [3.05, 3.63) is 51.5 Å². The van der Waals surface area contributed by atoms with Crippen LogP contribution in [0.25, 0.3) is 0 Å². The Hall–Kier alpha value is -2.41. The largest absolute Gasteiger partial charge is 0.409 e. The quantitative estimate of drug-likeness (QED) is 0.337. The smallest absolute Gasteiger partial charge is 0.251 e. The lowest BCUT2D eigenvalue weighted by atomic mass is 10.1. The molecule has 7 heteroatoms. The SMILES string of the molecule is Cc1csc(CCNC(=O)c2cccc(C(N)=NO)c2)n1. The molecule has 0 unspecified atom stereocenters. The zero-order valence-corrected chi connectivity index (χ0v) is 12.4. The van der Waals surface area contributed by atoms with Crippen LogP contribution in [-0.4, -0.2) is 28.5 Å². The maximum Gasteiger partial charge on any atom is 0.251 e. The van der Waals surface area contributed by atoms with Crippen LogP contribution >= 0.6 is 11.3 Å². The molecule has 0 fully saturated rings. The molecule has 0 radical (unpaired) electrons. The van der Waals surface area contributed by atoms with E-state index in [2.05, 4.69) is 15.5 Å². The van der Waals surface area contributed by atoms with E-state index in [1.807, 2.05) is 12.3 Å². The number of hydrogen-bond donors (Lipinski definition) is 3. The number of hydrogen-bond acceptors (Lipinski definition) is 5. The van der Waals surface area contributed by atoms with Gasteiger partial charge in [-0.2, -0.15) is 0 Å². The van der Waals surface area contributed by atoms with Crippen molar-refractivity contribution in [3.63, 3.8) is 0 Å². The summed E-state index contributed by atoms with van der Waals surface area (Å²) in [6.07, 6.45) is 0.699. The third-order valence-electron chi connectivity index (χ3n) is 2.82. The van der Waals surface area contributed by atoms with E-state index in [0.29, 0.717) is 24.1 Å². The number of nitrogens with two attached hydrogens (primary N) is 1. The molecule has 0 aliphatic rings. The predicted octanol–water partition coefficient (Wildman–Crippen LogP) is 1.52. The highest BCUT2D eigenvalue weighted by atomic mass is 32.1. The first-order valence-corrected chi connectivity index (χ1v) is 7.25. The van der Waals surface area contributed by atoms with Crippen LogP contribution in [0, 0.1) is 6.92 Å². The molecule has 0 aliphatic carbocycles. The Morgan fingerprint density at radius 2 is 2.24 bits per heavy atom. The van der Waals surface area contributed by atoms with Crippen molar-refractivity contribution in [2.75, 3.05) is 6.54 Å². The highest BCUT2D eigenvalue weighted by Crippen LogP contribution is 2.09. The number of carbonyl (C=O) groups is 1. The minimum atomic E-state index is -0.198.